The van der Waals surface area contributed by atoms with Gasteiger partial charge in [0, 0.05) is 15.8 Å². The van der Waals surface area contributed by atoms with Gasteiger partial charge in [-0.25, -0.2) is 4.39 Å². The summed E-state index contributed by atoms with van der Waals surface area (Å²) in [6.07, 6.45) is 0. The molecule has 0 radical (unpaired) electrons. The van der Waals surface area contributed by atoms with Gasteiger partial charge in [0.05, 0.1) is 6.54 Å². The molecule has 0 saturated carbocycles. The number of hydrogen-bond donors (Lipinski definition) is 2. The minimum atomic E-state index is -0.301. The van der Waals surface area contributed by atoms with Gasteiger partial charge < -0.3 is 10.6 Å². The molecule has 98 valence electrons. The Morgan fingerprint density at radius 3 is 2.21 bits per heavy atom. The van der Waals surface area contributed by atoms with E-state index in [-0.39, 0.29) is 18.3 Å². The van der Waals surface area contributed by atoms with Crippen LogP contribution in [0.25, 0.3) is 0 Å². The molecule has 2 aromatic rings. The summed E-state index contributed by atoms with van der Waals surface area (Å²) in [5.41, 5.74) is 1.43. The predicted molar refractivity (Wildman–Crippen MR) is 77.7 cm³/mol. The highest BCUT2D eigenvalue weighted by molar-refractivity contribution is 9.10. The highest BCUT2D eigenvalue weighted by Gasteiger charge is 2.02. The largest absolute Gasteiger partial charge is 0.376 e. The van der Waals surface area contributed by atoms with Crippen molar-refractivity contribution in [3.63, 3.8) is 0 Å². The van der Waals surface area contributed by atoms with E-state index in [1.807, 2.05) is 12.1 Å². The van der Waals surface area contributed by atoms with Crippen LogP contribution < -0.4 is 10.6 Å². The Kier molecular flexibility index (Phi) is 4.52. The number of nitrogens with one attached hydrogen (secondary N) is 2. The first-order chi connectivity index (χ1) is 9.13. The molecule has 0 aliphatic rings. The maximum Gasteiger partial charge on any atom is 0.243 e. The molecule has 2 N–H and O–H groups in total. The van der Waals surface area contributed by atoms with E-state index in [0.29, 0.717) is 5.69 Å². The number of benzene rings is 2. The molecule has 0 heterocycles. The zero-order valence-corrected chi connectivity index (χ0v) is 11.6. The highest BCUT2D eigenvalue weighted by atomic mass is 79.9. The van der Waals surface area contributed by atoms with Crippen molar-refractivity contribution in [1.29, 1.82) is 0 Å². The van der Waals surface area contributed by atoms with Crippen molar-refractivity contribution in [2.24, 2.45) is 0 Å². The van der Waals surface area contributed by atoms with E-state index >= 15 is 0 Å². The van der Waals surface area contributed by atoms with Gasteiger partial charge in [-0.1, -0.05) is 15.9 Å². The van der Waals surface area contributed by atoms with Crippen molar-refractivity contribution in [3.05, 3.63) is 58.8 Å². The second-order valence-electron chi connectivity index (χ2n) is 3.92. The third-order valence-corrected chi connectivity index (χ3v) is 2.95. The first-order valence-corrected chi connectivity index (χ1v) is 6.47. The van der Waals surface area contributed by atoms with Crippen molar-refractivity contribution >= 4 is 33.2 Å². The second-order valence-corrected chi connectivity index (χ2v) is 4.83. The minimum Gasteiger partial charge on any atom is -0.376 e. The molecule has 19 heavy (non-hydrogen) atoms. The number of halogens is 2. The highest BCUT2D eigenvalue weighted by Crippen LogP contribution is 2.14. The summed E-state index contributed by atoms with van der Waals surface area (Å²) in [5, 5.41) is 5.67. The Morgan fingerprint density at radius 1 is 1.00 bits per heavy atom. The molecule has 0 aliphatic heterocycles. The Morgan fingerprint density at radius 2 is 1.58 bits per heavy atom. The molecule has 2 aromatic carbocycles. The number of amides is 1. The first-order valence-electron chi connectivity index (χ1n) is 5.68. The summed E-state index contributed by atoms with van der Waals surface area (Å²) >= 11 is 3.32. The molecule has 0 saturated heterocycles. The van der Waals surface area contributed by atoms with Gasteiger partial charge in [-0.2, -0.15) is 0 Å². The van der Waals surface area contributed by atoms with Crippen molar-refractivity contribution in [2.45, 2.75) is 0 Å². The first kappa shape index (κ1) is 13.5. The lowest BCUT2D eigenvalue weighted by molar-refractivity contribution is -0.114. The molecule has 0 atom stereocenters. The maximum absolute atomic E-state index is 12.7. The molecule has 1 amide bonds. The molecule has 0 aromatic heterocycles. The van der Waals surface area contributed by atoms with Gasteiger partial charge in [0.2, 0.25) is 5.91 Å². The van der Waals surface area contributed by atoms with Crippen molar-refractivity contribution < 1.29 is 9.18 Å². The standard InChI is InChI=1S/C14H12BrFN2O/c15-10-1-5-13(6-2-10)18-14(19)9-17-12-7-3-11(16)4-8-12/h1-8,17H,9H2,(H,18,19). The van der Waals surface area contributed by atoms with Crippen LogP contribution in [-0.2, 0) is 4.79 Å². The van der Waals surface area contributed by atoms with Gasteiger partial charge >= 0.3 is 0 Å². The zero-order chi connectivity index (χ0) is 13.7. The van der Waals surface area contributed by atoms with E-state index < -0.39 is 0 Å². The average molecular weight is 323 g/mol. The van der Waals surface area contributed by atoms with E-state index in [1.54, 1.807) is 24.3 Å². The lowest BCUT2D eigenvalue weighted by atomic mass is 10.3. The molecule has 0 unspecified atom stereocenters. The molecule has 0 aliphatic carbocycles. The monoisotopic (exact) mass is 322 g/mol. The van der Waals surface area contributed by atoms with Crippen LogP contribution in [0.2, 0.25) is 0 Å². The second kappa shape index (κ2) is 6.33. The van der Waals surface area contributed by atoms with Crippen LogP contribution in [0.4, 0.5) is 15.8 Å². The van der Waals surface area contributed by atoms with Crippen LogP contribution in [0, 0.1) is 5.82 Å². The van der Waals surface area contributed by atoms with E-state index in [4.69, 9.17) is 0 Å². The topological polar surface area (TPSA) is 41.1 Å². The maximum atomic E-state index is 12.7. The van der Waals surface area contributed by atoms with Gasteiger partial charge in [0.25, 0.3) is 0 Å². The van der Waals surface area contributed by atoms with Crippen LogP contribution >= 0.6 is 15.9 Å². The number of carbonyl (C=O) groups excluding carboxylic acids is 1. The van der Waals surface area contributed by atoms with Crippen LogP contribution in [0.5, 0.6) is 0 Å². The van der Waals surface area contributed by atoms with Gasteiger partial charge in [0.15, 0.2) is 0 Å². The molecule has 0 fully saturated rings. The zero-order valence-electron chi connectivity index (χ0n) is 9.99. The van der Waals surface area contributed by atoms with Gasteiger partial charge in [-0.3, -0.25) is 4.79 Å². The quantitative estimate of drug-likeness (QED) is 0.902. The molecule has 5 heteroatoms. The fourth-order valence-electron chi connectivity index (χ4n) is 1.49. The number of rotatable bonds is 4. The summed E-state index contributed by atoms with van der Waals surface area (Å²) in [7, 11) is 0. The van der Waals surface area contributed by atoms with Crippen molar-refractivity contribution in [3.8, 4) is 0 Å². The molecular formula is C14H12BrFN2O. The molecular weight excluding hydrogens is 311 g/mol. The van der Waals surface area contributed by atoms with E-state index in [9.17, 15) is 9.18 Å². The van der Waals surface area contributed by atoms with Gasteiger partial charge in [-0.15, -0.1) is 0 Å². The van der Waals surface area contributed by atoms with E-state index in [0.717, 1.165) is 10.2 Å². The van der Waals surface area contributed by atoms with E-state index in [2.05, 4.69) is 26.6 Å². The van der Waals surface area contributed by atoms with Crippen LogP contribution in [0.3, 0.4) is 0 Å². The Hall–Kier alpha value is -1.88. The van der Waals surface area contributed by atoms with E-state index in [1.165, 1.54) is 12.1 Å². The number of carbonyl (C=O) groups is 1. The SMILES string of the molecule is O=C(CNc1ccc(F)cc1)Nc1ccc(Br)cc1. The number of hydrogen-bond acceptors (Lipinski definition) is 2. The molecule has 0 bridgehead atoms. The summed E-state index contributed by atoms with van der Waals surface area (Å²) in [5.74, 6) is -0.462. The summed E-state index contributed by atoms with van der Waals surface area (Å²) < 4.78 is 13.6. The molecule has 0 spiro atoms. The fourth-order valence-corrected chi connectivity index (χ4v) is 1.75. The van der Waals surface area contributed by atoms with Crippen molar-refractivity contribution in [1.82, 2.24) is 0 Å². The normalized spacial score (nSPS) is 10.0. The fraction of sp³-hybridized carbons (Fsp3) is 0.0714. The molecule has 3 nitrogen and oxygen atoms in total. The Balaban J connectivity index is 1.84. The summed E-state index contributed by atoms with van der Waals surface area (Å²) in [6.45, 7) is 0.127. The van der Waals surface area contributed by atoms with Gasteiger partial charge in [0.1, 0.15) is 5.82 Å². The molecule has 2 rings (SSSR count). The van der Waals surface area contributed by atoms with Crippen LogP contribution in [0.1, 0.15) is 0 Å². The Labute approximate surface area is 119 Å². The Bertz CT molecular complexity index is 555. The van der Waals surface area contributed by atoms with Crippen molar-refractivity contribution in [2.75, 3.05) is 17.2 Å². The predicted octanol–water partition coefficient (Wildman–Crippen LogP) is 3.64. The lowest BCUT2D eigenvalue weighted by Gasteiger charge is -2.07. The number of anilines is 2. The summed E-state index contributed by atoms with van der Waals surface area (Å²) in [6, 6.07) is 13.2. The average Bonchev–Trinajstić information content (AvgIpc) is 2.41. The third kappa shape index (κ3) is 4.37. The van der Waals surface area contributed by atoms with Crippen LogP contribution in [0.15, 0.2) is 53.0 Å². The van der Waals surface area contributed by atoms with Crippen LogP contribution in [-0.4, -0.2) is 12.5 Å². The lowest BCUT2D eigenvalue weighted by Crippen LogP contribution is -2.21. The smallest absolute Gasteiger partial charge is 0.243 e. The third-order valence-electron chi connectivity index (χ3n) is 2.43. The summed E-state index contributed by atoms with van der Waals surface area (Å²) in [4.78, 5) is 11.7. The minimum absolute atomic E-state index is 0.127. The van der Waals surface area contributed by atoms with Gasteiger partial charge in [-0.05, 0) is 48.5 Å².